The van der Waals surface area contributed by atoms with Crippen molar-refractivity contribution in [1.82, 2.24) is 20.9 Å². The van der Waals surface area contributed by atoms with Gasteiger partial charge in [0.25, 0.3) is 0 Å². The Labute approximate surface area is 199 Å². The lowest BCUT2D eigenvalue weighted by Crippen LogP contribution is -2.41. The molecule has 1 amide bonds. The van der Waals surface area contributed by atoms with Gasteiger partial charge in [-0.1, -0.05) is 42.5 Å². The zero-order valence-electron chi connectivity index (χ0n) is 20.2. The van der Waals surface area contributed by atoms with Gasteiger partial charge in [0.05, 0.1) is 6.42 Å². The van der Waals surface area contributed by atoms with Crippen LogP contribution in [0.4, 0.5) is 0 Å². The van der Waals surface area contributed by atoms with Gasteiger partial charge >= 0.3 is 0 Å². The summed E-state index contributed by atoms with van der Waals surface area (Å²) in [6, 6.07) is 14.6. The Morgan fingerprint density at radius 1 is 0.909 bits per heavy atom. The second-order valence-corrected chi connectivity index (χ2v) is 9.97. The minimum Gasteiger partial charge on any atom is -0.342 e. The number of likely N-dealkylation sites (tertiary alicyclic amines) is 1. The molecule has 2 heterocycles. The summed E-state index contributed by atoms with van der Waals surface area (Å²) in [5.41, 5.74) is 1.15. The van der Waals surface area contributed by atoms with Crippen LogP contribution in [0.3, 0.4) is 0 Å². The van der Waals surface area contributed by atoms with Crippen LogP contribution in [0.2, 0.25) is 0 Å². The summed E-state index contributed by atoms with van der Waals surface area (Å²) in [6.07, 6.45) is 7.92. The molecule has 1 unspecified atom stereocenters. The number of nitrogens with one attached hydrogen (secondary N) is 3. The van der Waals surface area contributed by atoms with E-state index in [0.717, 1.165) is 63.6 Å². The van der Waals surface area contributed by atoms with E-state index in [-0.39, 0.29) is 5.91 Å². The van der Waals surface area contributed by atoms with Gasteiger partial charge in [0.1, 0.15) is 0 Å². The van der Waals surface area contributed by atoms with Gasteiger partial charge < -0.3 is 20.9 Å². The number of carbonyl (C=O) groups is 1. The number of unbranched alkanes of at least 4 members (excludes halogenated alkanes) is 1. The van der Waals surface area contributed by atoms with Crippen LogP contribution in [0, 0.1) is 11.8 Å². The molecule has 5 nitrogen and oxygen atoms in total. The van der Waals surface area contributed by atoms with Crippen LogP contribution in [0.1, 0.15) is 44.1 Å². The van der Waals surface area contributed by atoms with Gasteiger partial charge in [-0.2, -0.15) is 0 Å². The molecule has 3 N–H and O–H groups in total. The molecule has 0 aliphatic carbocycles. The maximum Gasteiger partial charge on any atom is 0.227 e. The van der Waals surface area contributed by atoms with E-state index in [1.165, 1.54) is 49.5 Å². The first-order valence-electron chi connectivity index (χ1n) is 13.2. The van der Waals surface area contributed by atoms with E-state index in [1.54, 1.807) is 0 Å². The maximum absolute atomic E-state index is 12.9. The highest BCUT2D eigenvalue weighted by molar-refractivity contribution is 5.90. The van der Waals surface area contributed by atoms with Crippen molar-refractivity contribution < 1.29 is 4.79 Å². The lowest BCUT2D eigenvalue weighted by molar-refractivity contribution is -0.131. The Morgan fingerprint density at radius 2 is 1.64 bits per heavy atom. The molecule has 180 valence electrons. The number of fused-ring (bicyclic) bond motifs is 1. The maximum atomic E-state index is 12.9. The lowest BCUT2D eigenvalue weighted by atomic mass is 9.95. The smallest absolute Gasteiger partial charge is 0.227 e. The van der Waals surface area contributed by atoms with Gasteiger partial charge in [-0.05, 0) is 106 Å². The Hall–Kier alpha value is -1.95. The number of amides is 1. The molecule has 0 aromatic heterocycles. The van der Waals surface area contributed by atoms with E-state index in [1.807, 2.05) is 0 Å². The molecule has 2 aromatic rings. The molecule has 2 aliphatic rings. The highest BCUT2D eigenvalue weighted by Gasteiger charge is 2.23. The van der Waals surface area contributed by atoms with Gasteiger partial charge in [-0.15, -0.1) is 0 Å². The molecular weight excluding hydrogens is 408 g/mol. The molecule has 1 atom stereocenters. The van der Waals surface area contributed by atoms with Crippen molar-refractivity contribution >= 4 is 16.7 Å². The third-order valence-corrected chi connectivity index (χ3v) is 7.41. The van der Waals surface area contributed by atoms with Crippen molar-refractivity contribution in [1.29, 1.82) is 0 Å². The van der Waals surface area contributed by atoms with Crippen molar-refractivity contribution in [3.05, 3.63) is 48.0 Å². The molecule has 4 rings (SSSR count). The number of benzene rings is 2. The van der Waals surface area contributed by atoms with E-state index in [9.17, 15) is 4.79 Å². The minimum atomic E-state index is 0.272. The highest BCUT2D eigenvalue weighted by atomic mass is 16.2. The molecule has 2 fully saturated rings. The van der Waals surface area contributed by atoms with Crippen LogP contribution >= 0.6 is 0 Å². The number of piperidine rings is 2. The average Bonchev–Trinajstić information content (AvgIpc) is 2.87. The van der Waals surface area contributed by atoms with Gasteiger partial charge in [-0.25, -0.2) is 0 Å². The summed E-state index contributed by atoms with van der Waals surface area (Å²) < 4.78 is 0. The first-order valence-corrected chi connectivity index (χ1v) is 13.2. The number of hydrogen-bond acceptors (Lipinski definition) is 4. The van der Waals surface area contributed by atoms with Crippen LogP contribution in [0.5, 0.6) is 0 Å². The molecule has 5 heteroatoms. The number of carbonyl (C=O) groups excluding carboxylic acids is 1. The summed E-state index contributed by atoms with van der Waals surface area (Å²) in [4.78, 5) is 15.0. The van der Waals surface area contributed by atoms with E-state index in [4.69, 9.17) is 0 Å². The van der Waals surface area contributed by atoms with Crippen molar-refractivity contribution in [2.75, 3.05) is 52.4 Å². The standard InChI is InChI=1S/C28H42N4O/c33-28(19-26-10-5-9-25-8-1-2-11-27(25)26)32-17-12-23(13-18-32)20-29-14-3-4-15-30-21-24-7-6-16-31-22-24/h1-2,5,8-11,23-24,29-31H,3-4,6-7,12-22H2. The van der Waals surface area contributed by atoms with Crippen LogP contribution in [0.15, 0.2) is 42.5 Å². The van der Waals surface area contributed by atoms with Gasteiger partial charge in [0.15, 0.2) is 0 Å². The van der Waals surface area contributed by atoms with Crippen LogP contribution in [-0.4, -0.2) is 63.2 Å². The van der Waals surface area contributed by atoms with Crippen molar-refractivity contribution in [3.63, 3.8) is 0 Å². The first-order chi connectivity index (χ1) is 16.3. The van der Waals surface area contributed by atoms with Crippen molar-refractivity contribution in [2.45, 2.75) is 44.9 Å². The molecular formula is C28H42N4O. The average molecular weight is 451 g/mol. The highest BCUT2D eigenvalue weighted by Crippen LogP contribution is 2.21. The molecule has 0 bridgehead atoms. The van der Waals surface area contributed by atoms with Crippen molar-refractivity contribution in [3.8, 4) is 0 Å². The molecule has 2 aromatic carbocycles. The third-order valence-electron chi connectivity index (χ3n) is 7.41. The second kappa shape index (κ2) is 13.1. The summed E-state index contributed by atoms with van der Waals surface area (Å²) >= 11 is 0. The van der Waals surface area contributed by atoms with Crippen molar-refractivity contribution in [2.24, 2.45) is 11.8 Å². The fourth-order valence-corrected chi connectivity index (χ4v) is 5.32. The Kier molecular flexibility index (Phi) is 9.58. The zero-order valence-corrected chi connectivity index (χ0v) is 20.2. The summed E-state index contributed by atoms with van der Waals surface area (Å²) in [5.74, 6) is 1.79. The monoisotopic (exact) mass is 450 g/mol. The van der Waals surface area contributed by atoms with Crippen LogP contribution in [0.25, 0.3) is 10.8 Å². The molecule has 0 saturated carbocycles. The van der Waals surface area contributed by atoms with E-state index in [2.05, 4.69) is 63.3 Å². The normalized spacial score (nSPS) is 19.8. The first kappa shape index (κ1) is 24.2. The quantitative estimate of drug-likeness (QED) is 0.458. The second-order valence-electron chi connectivity index (χ2n) is 9.97. The Morgan fingerprint density at radius 3 is 2.39 bits per heavy atom. The zero-order chi connectivity index (χ0) is 22.7. The Balaban J connectivity index is 1.06. The number of rotatable bonds is 11. The Bertz CT molecular complexity index is 851. The van der Waals surface area contributed by atoms with E-state index >= 15 is 0 Å². The fourth-order valence-electron chi connectivity index (χ4n) is 5.32. The topological polar surface area (TPSA) is 56.4 Å². The fraction of sp³-hybridized carbons (Fsp3) is 0.607. The summed E-state index contributed by atoms with van der Waals surface area (Å²) in [5, 5.41) is 13.2. The summed E-state index contributed by atoms with van der Waals surface area (Å²) in [6.45, 7) is 8.67. The molecule has 0 radical (unpaired) electrons. The lowest BCUT2D eigenvalue weighted by Gasteiger charge is -2.32. The van der Waals surface area contributed by atoms with E-state index in [0.29, 0.717) is 12.3 Å². The minimum absolute atomic E-state index is 0.272. The SMILES string of the molecule is O=C(Cc1cccc2ccccc12)N1CCC(CNCCCCNCC2CCCNC2)CC1. The summed E-state index contributed by atoms with van der Waals surface area (Å²) in [7, 11) is 0. The van der Waals surface area contributed by atoms with Crippen LogP contribution < -0.4 is 16.0 Å². The predicted molar refractivity (Wildman–Crippen MR) is 138 cm³/mol. The predicted octanol–water partition coefficient (Wildman–Crippen LogP) is 3.58. The molecule has 33 heavy (non-hydrogen) atoms. The van der Waals surface area contributed by atoms with Gasteiger partial charge in [-0.3, -0.25) is 4.79 Å². The molecule has 2 saturated heterocycles. The van der Waals surface area contributed by atoms with Gasteiger partial charge in [0.2, 0.25) is 5.91 Å². The third kappa shape index (κ3) is 7.53. The molecule has 2 aliphatic heterocycles. The van der Waals surface area contributed by atoms with Gasteiger partial charge in [0, 0.05) is 13.1 Å². The largest absolute Gasteiger partial charge is 0.342 e. The number of nitrogens with zero attached hydrogens (tertiary/aromatic N) is 1. The molecule has 0 spiro atoms. The number of hydrogen-bond donors (Lipinski definition) is 3. The van der Waals surface area contributed by atoms with Crippen LogP contribution in [-0.2, 0) is 11.2 Å². The van der Waals surface area contributed by atoms with E-state index < -0.39 is 0 Å².